The van der Waals surface area contributed by atoms with E-state index in [0.717, 1.165) is 30.6 Å². The third-order valence-corrected chi connectivity index (χ3v) is 5.67. The van der Waals surface area contributed by atoms with E-state index < -0.39 is 10.9 Å². The van der Waals surface area contributed by atoms with E-state index in [4.69, 9.17) is 4.74 Å². The number of nitro groups is 1. The molecule has 0 heterocycles. The van der Waals surface area contributed by atoms with Gasteiger partial charge in [0, 0.05) is 30.1 Å². The third kappa shape index (κ3) is 6.01. The maximum Gasteiger partial charge on any atom is 0.316 e. The quantitative estimate of drug-likeness (QED) is 0.312. The van der Waals surface area contributed by atoms with Crippen LogP contribution in [0.25, 0.3) is 0 Å². The molecular formula is C18H24N2O5S. The molecule has 0 unspecified atom stereocenters. The zero-order chi connectivity index (χ0) is 19.1. The van der Waals surface area contributed by atoms with Crippen molar-refractivity contribution in [1.29, 1.82) is 0 Å². The first-order valence-electron chi connectivity index (χ1n) is 8.65. The van der Waals surface area contributed by atoms with Gasteiger partial charge in [0.1, 0.15) is 0 Å². The number of amides is 1. The summed E-state index contributed by atoms with van der Waals surface area (Å²) in [5, 5.41) is 10.6. The summed E-state index contributed by atoms with van der Waals surface area (Å²) < 4.78 is 5.06. The van der Waals surface area contributed by atoms with Crippen molar-refractivity contribution in [3.8, 4) is 0 Å². The standard InChI is InChI=1S/C18H24N2O5S/c1-13-3-5-14(6-4-13)19(2)17(21)11-25-18(22)12-26-16-9-7-15(8-10-16)20(23)24/h7-10,13-14H,3-6,11-12H2,1-2H3. The molecule has 142 valence electrons. The molecule has 26 heavy (non-hydrogen) atoms. The molecule has 0 radical (unpaired) electrons. The molecule has 7 nitrogen and oxygen atoms in total. The maximum atomic E-state index is 12.2. The van der Waals surface area contributed by atoms with Crippen LogP contribution in [0, 0.1) is 16.0 Å². The number of likely N-dealkylation sites (N-methyl/N-ethyl adjacent to an activating group) is 1. The molecule has 0 aromatic heterocycles. The van der Waals surface area contributed by atoms with Gasteiger partial charge >= 0.3 is 5.97 Å². The van der Waals surface area contributed by atoms with E-state index in [1.807, 2.05) is 0 Å². The molecule has 1 aromatic carbocycles. The number of hydrogen-bond donors (Lipinski definition) is 0. The number of nitrogens with zero attached hydrogens (tertiary/aromatic N) is 2. The highest BCUT2D eigenvalue weighted by molar-refractivity contribution is 8.00. The third-order valence-electron chi connectivity index (χ3n) is 4.69. The molecule has 1 saturated carbocycles. The van der Waals surface area contributed by atoms with Gasteiger partial charge in [0.15, 0.2) is 6.61 Å². The van der Waals surface area contributed by atoms with E-state index >= 15 is 0 Å². The van der Waals surface area contributed by atoms with Gasteiger partial charge in [-0.1, -0.05) is 6.92 Å². The number of thioether (sulfide) groups is 1. The number of rotatable bonds is 7. The van der Waals surface area contributed by atoms with Crippen LogP contribution < -0.4 is 0 Å². The summed E-state index contributed by atoms with van der Waals surface area (Å²) >= 11 is 1.22. The van der Waals surface area contributed by atoms with Crippen LogP contribution in [0.1, 0.15) is 32.6 Å². The van der Waals surface area contributed by atoms with Crippen LogP contribution in [0.5, 0.6) is 0 Å². The first kappa shape index (κ1) is 20.2. The molecular weight excluding hydrogens is 356 g/mol. The van der Waals surface area contributed by atoms with E-state index in [0.29, 0.717) is 5.92 Å². The van der Waals surface area contributed by atoms with Gasteiger partial charge in [-0.05, 0) is 43.7 Å². The Morgan fingerprint density at radius 2 is 1.85 bits per heavy atom. The number of ether oxygens (including phenoxy) is 1. The minimum Gasteiger partial charge on any atom is -0.455 e. The molecule has 0 atom stereocenters. The van der Waals surface area contributed by atoms with Crippen molar-refractivity contribution >= 4 is 29.3 Å². The molecule has 0 aliphatic heterocycles. The van der Waals surface area contributed by atoms with Crippen molar-refractivity contribution in [2.45, 2.75) is 43.5 Å². The Morgan fingerprint density at radius 3 is 2.42 bits per heavy atom. The fourth-order valence-corrected chi connectivity index (χ4v) is 3.62. The highest BCUT2D eigenvalue weighted by Gasteiger charge is 2.25. The molecule has 1 aliphatic rings. The minimum atomic E-state index is -0.479. The Labute approximate surface area is 157 Å². The molecule has 8 heteroatoms. The second-order valence-electron chi connectivity index (χ2n) is 6.62. The number of hydrogen-bond acceptors (Lipinski definition) is 6. The van der Waals surface area contributed by atoms with Gasteiger partial charge in [-0.15, -0.1) is 11.8 Å². The average molecular weight is 380 g/mol. The highest BCUT2D eigenvalue weighted by atomic mass is 32.2. The van der Waals surface area contributed by atoms with E-state index in [1.54, 1.807) is 24.1 Å². The zero-order valence-electron chi connectivity index (χ0n) is 15.1. The first-order chi connectivity index (χ1) is 12.4. The van der Waals surface area contributed by atoms with Gasteiger partial charge in [-0.3, -0.25) is 19.7 Å². The fourth-order valence-electron chi connectivity index (χ4n) is 2.93. The van der Waals surface area contributed by atoms with Crippen molar-refractivity contribution in [3.05, 3.63) is 34.4 Å². The number of carbonyl (C=O) groups excluding carboxylic acids is 2. The molecule has 0 saturated heterocycles. The molecule has 1 amide bonds. The van der Waals surface area contributed by atoms with E-state index in [1.165, 1.54) is 23.9 Å². The van der Waals surface area contributed by atoms with Crippen molar-refractivity contribution in [1.82, 2.24) is 4.90 Å². The summed E-state index contributed by atoms with van der Waals surface area (Å²) in [6.45, 7) is 1.98. The lowest BCUT2D eigenvalue weighted by Crippen LogP contribution is -2.41. The van der Waals surface area contributed by atoms with Gasteiger partial charge in [0.05, 0.1) is 10.7 Å². The van der Waals surface area contributed by atoms with Gasteiger partial charge in [-0.2, -0.15) is 0 Å². The SMILES string of the molecule is CC1CCC(N(C)C(=O)COC(=O)CSc2ccc([N+](=O)[O-])cc2)CC1. The van der Waals surface area contributed by atoms with Crippen molar-refractivity contribution in [2.75, 3.05) is 19.4 Å². The molecule has 2 rings (SSSR count). The van der Waals surface area contributed by atoms with E-state index in [2.05, 4.69) is 6.92 Å². The number of non-ortho nitro benzene ring substituents is 1. The Bertz CT molecular complexity index is 641. The molecule has 0 spiro atoms. The number of carbonyl (C=O) groups is 2. The van der Waals surface area contributed by atoms with Gasteiger partial charge in [0.2, 0.25) is 0 Å². The molecule has 1 aliphatic carbocycles. The summed E-state index contributed by atoms with van der Waals surface area (Å²) in [4.78, 5) is 36.6. The summed E-state index contributed by atoms with van der Waals surface area (Å²) in [5.41, 5.74) is 0.00247. The lowest BCUT2D eigenvalue weighted by Gasteiger charge is -2.33. The van der Waals surface area contributed by atoms with Crippen LogP contribution in [-0.4, -0.2) is 47.1 Å². The van der Waals surface area contributed by atoms with Gasteiger partial charge in [-0.25, -0.2) is 0 Å². The number of esters is 1. The van der Waals surface area contributed by atoms with Crippen LogP contribution in [0.15, 0.2) is 29.2 Å². The molecule has 1 fully saturated rings. The van der Waals surface area contributed by atoms with E-state index in [-0.39, 0.29) is 30.0 Å². The van der Waals surface area contributed by atoms with Crippen LogP contribution in [0.2, 0.25) is 0 Å². The van der Waals surface area contributed by atoms with E-state index in [9.17, 15) is 19.7 Å². The van der Waals surface area contributed by atoms with Crippen LogP contribution in [0.4, 0.5) is 5.69 Å². The molecule has 0 bridgehead atoms. The lowest BCUT2D eigenvalue weighted by molar-refractivity contribution is -0.384. The zero-order valence-corrected chi connectivity index (χ0v) is 15.9. The van der Waals surface area contributed by atoms with Crippen molar-refractivity contribution in [3.63, 3.8) is 0 Å². The maximum absolute atomic E-state index is 12.2. The second kappa shape index (κ2) is 9.56. The first-order valence-corrected chi connectivity index (χ1v) is 9.64. The Hall–Kier alpha value is -2.09. The van der Waals surface area contributed by atoms with Gasteiger partial charge in [0.25, 0.3) is 11.6 Å². The molecule has 0 N–H and O–H groups in total. The summed E-state index contributed by atoms with van der Waals surface area (Å²) in [6.07, 6.45) is 4.22. The van der Waals surface area contributed by atoms with Crippen LogP contribution in [0.3, 0.4) is 0 Å². The van der Waals surface area contributed by atoms with Crippen LogP contribution in [-0.2, 0) is 14.3 Å². The predicted octanol–water partition coefficient (Wildman–Crippen LogP) is 3.27. The summed E-state index contributed by atoms with van der Waals surface area (Å²) in [7, 11) is 1.77. The Morgan fingerprint density at radius 1 is 1.23 bits per heavy atom. The summed E-state index contributed by atoms with van der Waals surface area (Å²) in [6, 6.07) is 6.17. The minimum absolute atomic E-state index is 0.00247. The number of nitro benzene ring substituents is 1. The Kier molecular flexibility index (Phi) is 7.44. The summed E-state index contributed by atoms with van der Waals surface area (Å²) in [5.74, 6) is 0.102. The van der Waals surface area contributed by atoms with Crippen molar-refractivity contribution < 1.29 is 19.2 Å². The number of benzene rings is 1. The fraction of sp³-hybridized carbons (Fsp3) is 0.556. The monoisotopic (exact) mass is 380 g/mol. The molecule has 1 aromatic rings. The average Bonchev–Trinajstić information content (AvgIpc) is 2.64. The lowest BCUT2D eigenvalue weighted by atomic mass is 9.87. The van der Waals surface area contributed by atoms with Crippen LogP contribution >= 0.6 is 11.8 Å². The predicted molar refractivity (Wildman–Crippen MR) is 99.0 cm³/mol. The second-order valence-corrected chi connectivity index (χ2v) is 7.67. The largest absolute Gasteiger partial charge is 0.455 e. The van der Waals surface area contributed by atoms with Crippen molar-refractivity contribution in [2.24, 2.45) is 5.92 Å². The van der Waals surface area contributed by atoms with Gasteiger partial charge < -0.3 is 9.64 Å². The highest BCUT2D eigenvalue weighted by Crippen LogP contribution is 2.26. The topological polar surface area (TPSA) is 89.8 Å². The normalized spacial score (nSPS) is 19.6. The smallest absolute Gasteiger partial charge is 0.316 e. The Balaban J connectivity index is 1.70.